The highest BCUT2D eigenvalue weighted by Crippen LogP contribution is 2.01. The van der Waals surface area contributed by atoms with Crippen molar-refractivity contribution in [2.75, 3.05) is 6.54 Å². The lowest BCUT2D eigenvalue weighted by molar-refractivity contribution is 0.0940. The van der Waals surface area contributed by atoms with Gasteiger partial charge in [-0.25, -0.2) is 0 Å². The van der Waals surface area contributed by atoms with E-state index in [0.717, 1.165) is 6.42 Å². The van der Waals surface area contributed by atoms with Gasteiger partial charge in [0.25, 0.3) is 5.91 Å². The molecular weight excluding hydrogens is 196 g/mol. The number of rotatable bonds is 5. The minimum atomic E-state index is -0.323. The second-order valence-corrected chi connectivity index (χ2v) is 3.57. The van der Waals surface area contributed by atoms with Gasteiger partial charge in [-0.15, -0.1) is 0 Å². The lowest BCUT2D eigenvalue weighted by Crippen LogP contribution is -2.25. The third-order valence-electron chi connectivity index (χ3n) is 1.94. The Labute approximate surface area is 88.5 Å². The molecule has 1 heterocycles. The largest absolute Gasteiger partial charge is 0.393 e. The van der Waals surface area contributed by atoms with E-state index >= 15 is 0 Å². The first-order valence-corrected chi connectivity index (χ1v) is 4.99. The van der Waals surface area contributed by atoms with Crippen molar-refractivity contribution in [3.63, 3.8) is 0 Å². The lowest BCUT2D eigenvalue weighted by Gasteiger charge is -2.04. The van der Waals surface area contributed by atoms with Crippen LogP contribution in [-0.2, 0) is 0 Å². The van der Waals surface area contributed by atoms with E-state index < -0.39 is 0 Å². The smallest absolute Gasteiger partial charge is 0.273 e. The molecular formula is C10H16N2O3. The lowest BCUT2D eigenvalue weighted by atomic mass is 10.2. The highest BCUT2D eigenvalue weighted by atomic mass is 16.5. The van der Waals surface area contributed by atoms with E-state index in [-0.39, 0.29) is 12.0 Å². The second kappa shape index (κ2) is 5.50. The molecule has 15 heavy (non-hydrogen) atoms. The summed E-state index contributed by atoms with van der Waals surface area (Å²) < 4.78 is 4.78. The van der Waals surface area contributed by atoms with Gasteiger partial charge >= 0.3 is 0 Å². The van der Waals surface area contributed by atoms with Gasteiger partial charge in [-0.1, -0.05) is 5.16 Å². The van der Waals surface area contributed by atoms with Crippen molar-refractivity contribution >= 4 is 5.91 Å². The molecule has 5 heteroatoms. The van der Waals surface area contributed by atoms with Gasteiger partial charge in [-0.05, 0) is 26.7 Å². The Bertz CT molecular complexity index is 320. The predicted molar refractivity (Wildman–Crippen MR) is 54.5 cm³/mol. The number of carbonyl (C=O) groups is 1. The van der Waals surface area contributed by atoms with Crippen LogP contribution < -0.4 is 5.32 Å². The van der Waals surface area contributed by atoms with Crippen LogP contribution in [0.3, 0.4) is 0 Å². The molecule has 0 radical (unpaired) electrons. The molecule has 1 atom stereocenters. The number of aliphatic hydroxyl groups excluding tert-OH is 1. The van der Waals surface area contributed by atoms with E-state index in [9.17, 15) is 4.79 Å². The number of carbonyl (C=O) groups excluding carboxylic acids is 1. The highest BCUT2D eigenvalue weighted by Gasteiger charge is 2.09. The van der Waals surface area contributed by atoms with Crippen molar-refractivity contribution < 1.29 is 14.4 Å². The molecule has 2 N–H and O–H groups in total. The fourth-order valence-electron chi connectivity index (χ4n) is 1.16. The Balaban J connectivity index is 2.25. The van der Waals surface area contributed by atoms with Crippen LogP contribution in [0.2, 0.25) is 0 Å². The molecule has 1 aromatic rings. The van der Waals surface area contributed by atoms with Gasteiger partial charge in [-0.3, -0.25) is 4.79 Å². The molecule has 1 amide bonds. The van der Waals surface area contributed by atoms with Crippen LogP contribution in [0.4, 0.5) is 0 Å². The van der Waals surface area contributed by atoms with E-state index in [1.54, 1.807) is 19.9 Å². The van der Waals surface area contributed by atoms with Crippen LogP contribution in [0.15, 0.2) is 10.6 Å². The SMILES string of the molecule is Cc1cc(C(=O)NCCCC(C)O)no1. The Kier molecular flexibility index (Phi) is 4.30. The van der Waals surface area contributed by atoms with Crippen molar-refractivity contribution in [3.8, 4) is 0 Å². The van der Waals surface area contributed by atoms with Crippen LogP contribution in [0.1, 0.15) is 36.0 Å². The summed E-state index contributed by atoms with van der Waals surface area (Å²) in [4.78, 5) is 11.4. The molecule has 0 aliphatic heterocycles. The van der Waals surface area contributed by atoms with Gasteiger partial charge in [-0.2, -0.15) is 0 Å². The van der Waals surface area contributed by atoms with Gasteiger partial charge in [0.15, 0.2) is 5.69 Å². The topological polar surface area (TPSA) is 75.4 Å². The summed E-state index contributed by atoms with van der Waals surface area (Å²) in [5, 5.41) is 15.3. The second-order valence-electron chi connectivity index (χ2n) is 3.57. The predicted octanol–water partition coefficient (Wildman–Crippen LogP) is 0.874. The van der Waals surface area contributed by atoms with Crippen molar-refractivity contribution in [2.24, 2.45) is 0 Å². The van der Waals surface area contributed by atoms with Crippen LogP contribution in [0, 0.1) is 6.92 Å². The molecule has 0 saturated heterocycles. The molecule has 1 rings (SSSR count). The van der Waals surface area contributed by atoms with Gasteiger partial charge in [0, 0.05) is 12.6 Å². The number of nitrogens with zero attached hydrogens (tertiary/aromatic N) is 1. The van der Waals surface area contributed by atoms with Gasteiger partial charge < -0.3 is 14.9 Å². The maximum absolute atomic E-state index is 11.4. The van der Waals surface area contributed by atoms with Crippen molar-refractivity contribution in [1.82, 2.24) is 10.5 Å². The molecule has 0 bridgehead atoms. The van der Waals surface area contributed by atoms with E-state index in [0.29, 0.717) is 24.4 Å². The summed E-state index contributed by atoms with van der Waals surface area (Å²) >= 11 is 0. The van der Waals surface area contributed by atoms with Crippen molar-refractivity contribution in [3.05, 3.63) is 17.5 Å². The minimum Gasteiger partial charge on any atom is -0.393 e. The Morgan fingerprint density at radius 3 is 3.00 bits per heavy atom. The minimum absolute atomic E-state index is 0.238. The number of amides is 1. The van der Waals surface area contributed by atoms with E-state index in [2.05, 4.69) is 10.5 Å². The summed E-state index contributed by atoms with van der Waals surface area (Å²) in [6.07, 6.45) is 1.11. The molecule has 0 aliphatic rings. The van der Waals surface area contributed by atoms with Gasteiger partial charge in [0.1, 0.15) is 5.76 Å². The van der Waals surface area contributed by atoms with Gasteiger partial charge in [0.2, 0.25) is 0 Å². The van der Waals surface area contributed by atoms with Crippen LogP contribution in [0.25, 0.3) is 0 Å². The number of aliphatic hydroxyl groups is 1. The molecule has 1 unspecified atom stereocenters. The summed E-state index contributed by atoms with van der Waals surface area (Å²) in [5.41, 5.74) is 0.296. The molecule has 0 fully saturated rings. The average Bonchev–Trinajstić information content (AvgIpc) is 2.59. The van der Waals surface area contributed by atoms with Crippen LogP contribution in [-0.4, -0.2) is 28.8 Å². The highest BCUT2D eigenvalue weighted by molar-refractivity contribution is 5.92. The first-order chi connectivity index (χ1) is 7.09. The number of hydrogen-bond acceptors (Lipinski definition) is 4. The van der Waals surface area contributed by atoms with E-state index in [1.165, 1.54) is 0 Å². The normalized spacial score (nSPS) is 12.5. The Morgan fingerprint density at radius 1 is 1.73 bits per heavy atom. The summed E-state index contributed by atoms with van der Waals surface area (Å²) in [6.45, 7) is 4.00. The zero-order valence-corrected chi connectivity index (χ0v) is 8.99. The van der Waals surface area contributed by atoms with Crippen LogP contribution in [0.5, 0.6) is 0 Å². The Morgan fingerprint density at radius 2 is 2.47 bits per heavy atom. The fraction of sp³-hybridized carbons (Fsp3) is 0.600. The van der Waals surface area contributed by atoms with Crippen molar-refractivity contribution in [2.45, 2.75) is 32.8 Å². The van der Waals surface area contributed by atoms with Crippen LogP contribution >= 0.6 is 0 Å². The molecule has 84 valence electrons. The fourth-order valence-corrected chi connectivity index (χ4v) is 1.16. The quantitative estimate of drug-likeness (QED) is 0.710. The zero-order chi connectivity index (χ0) is 11.3. The molecule has 1 aromatic heterocycles. The third-order valence-corrected chi connectivity index (χ3v) is 1.94. The van der Waals surface area contributed by atoms with E-state index in [1.807, 2.05) is 0 Å². The zero-order valence-electron chi connectivity index (χ0n) is 8.99. The molecule has 0 aliphatic carbocycles. The number of aryl methyl sites for hydroxylation is 1. The first kappa shape index (κ1) is 11.7. The average molecular weight is 212 g/mol. The summed E-state index contributed by atoms with van der Waals surface area (Å²) in [5.74, 6) is 0.376. The first-order valence-electron chi connectivity index (χ1n) is 4.99. The third kappa shape index (κ3) is 4.12. The van der Waals surface area contributed by atoms with Gasteiger partial charge in [0.05, 0.1) is 6.10 Å². The number of nitrogens with one attached hydrogen (secondary N) is 1. The molecule has 0 spiro atoms. The summed E-state index contributed by atoms with van der Waals surface area (Å²) in [6, 6.07) is 1.59. The summed E-state index contributed by atoms with van der Waals surface area (Å²) in [7, 11) is 0. The standard InChI is InChI=1S/C10H16N2O3/c1-7(13)4-3-5-11-10(14)9-6-8(2)15-12-9/h6-7,13H,3-5H2,1-2H3,(H,11,14). The Hall–Kier alpha value is -1.36. The molecule has 0 saturated carbocycles. The maximum Gasteiger partial charge on any atom is 0.273 e. The monoisotopic (exact) mass is 212 g/mol. The van der Waals surface area contributed by atoms with E-state index in [4.69, 9.17) is 9.63 Å². The molecule has 5 nitrogen and oxygen atoms in total. The maximum atomic E-state index is 11.4. The number of hydrogen-bond donors (Lipinski definition) is 2. The van der Waals surface area contributed by atoms with Crippen molar-refractivity contribution in [1.29, 1.82) is 0 Å². The molecule has 0 aromatic carbocycles. The number of aromatic nitrogens is 1.